The predicted molar refractivity (Wildman–Crippen MR) is 74.9 cm³/mol. The minimum absolute atomic E-state index is 0.207. The smallest absolute Gasteiger partial charge is 0.241 e. The third-order valence-electron chi connectivity index (χ3n) is 2.71. The van der Waals surface area contributed by atoms with Gasteiger partial charge in [-0.1, -0.05) is 18.2 Å². The maximum atomic E-state index is 11.9. The topological polar surface area (TPSA) is 73.6 Å². The van der Waals surface area contributed by atoms with Crippen molar-refractivity contribution in [2.45, 2.75) is 26.0 Å². The monoisotopic (exact) mass is 266 g/mol. The Morgan fingerprint density at radius 3 is 2.84 bits per heavy atom. The fourth-order valence-electron chi connectivity index (χ4n) is 1.58. The zero-order chi connectivity index (χ0) is 14.1. The van der Waals surface area contributed by atoms with Gasteiger partial charge in [0.2, 0.25) is 5.91 Å². The molecule has 1 unspecified atom stereocenters. The largest absolute Gasteiger partial charge is 0.385 e. The van der Waals surface area contributed by atoms with Crippen molar-refractivity contribution in [1.29, 1.82) is 0 Å². The van der Waals surface area contributed by atoms with Gasteiger partial charge in [-0.2, -0.15) is 0 Å². The van der Waals surface area contributed by atoms with Crippen molar-refractivity contribution >= 4 is 11.6 Å². The minimum atomic E-state index is -0.569. The highest BCUT2D eigenvalue weighted by atomic mass is 16.5. The summed E-state index contributed by atoms with van der Waals surface area (Å²) in [5.74, 6) is -0.207. The maximum absolute atomic E-state index is 11.9. The van der Waals surface area contributed by atoms with Crippen LogP contribution in [0.25, 0.3) is 0 Å². The number of methoxy groups -OCH3 is 1. The van der Waals surface area contributed by atoms with Crippen molar-refractivity contribution in [3.63, 3.8) is 0 Å². The number of hydrogen-bond donors (Lipinski definition) is 2. The van der Waals surface area contributed by atoms with E-state index in [9.17, 15) is 4.79 Å². The molecule has 0 aromatic heterocycles. The highest BCUT2D eigenvalue weighted by molar-refractivity contribution is 5.95. The molecule has 1 amide bonds. The predicted octanol–water partition coefficient (Wildman–Crippen LogP) is 1.53. The van der Waals surface area contributed by atoms with E-state index in [-0.39, 0.29) is 5.91 Å². The van der Waals surface area contributed by atoms with Crippen LogP contribution in [0.15, 0.2) is 24.3 Å². The van der Waals surface area contributed by atoms with Gasteiger partial charge in [0.1, 0.15) is 0 Å². The van der Waals surface area contributed by atoms with Crippen LogP contribution in [-0.4, -0.2) is 32.3 Å². The molecule has 1 rings (SSSR count). The van der Waals surface area contributed by atoms with Crippen molar-refractivity contribution in [3.05, 3.63) is 29.8 Å². The molecule has 0 fully saturated rings. The van der Waals surface area contributed by atoms with Crippen LogP contribution >= 0.6 is 0 Å². The number of amides is 1. The number of rotatable bonds is 8. The molecule has 1 aromatic rings. The van der Waals surface area contributed by atoms with Crippen molar-refractivity contribution in [2.75, 3.05) is 25.6 Å². The molecule has 3 N–H and O–H groups in total. The number of nitrogens with two attached hydrogens (primary N) is 1. The number of carbonyl (C=O) groups is 1. The normalized spacial score (nSPS) is 12.2. The van der Waals surface area contributed by atoms with Crippen molar-refractivity contribution in [2.24, 2.45) is 5.73 Å². The molecule has 0 bridgehead atoms. The van der Waals surface area contributed by atoms with E-state index >= 15 is 0 Å². The molecular weight excluding hydrogens is 244 g/mol. The minimum Gasteiger partial charge on any atom is -0.385 e. The van der Waals surface area contributed by atoms with Crippen LogP contribution in [0.4, 0.5) is 5.69 Å². The van der Waals surface area contributed by atoms with Gasteiger partial charge in [0.05, 0.1) is 12.6 Å². The van der Waals surface area contributed by atoms with Gasteiger partial charge in [-0.15, -0.1) is 0 Å². The number of nitrogens with one attached hydrogen (secondary N) is 1. The Hall–Kier alpha value is -1.43. The zero-order valence-electron chi connectivity index (χ0n) is 11.5. The van der Waals surface area contributed by atoms with Crippen LogP contribution in [0.3, 0.4) is 0 Å². The Balaban J connectivity index is 2.62. The number of ether oxygens (including phenoxy) is 2. The molecule has 0 radical (unpaired) electrons. The fraction of sp³-hybridized carbons (Fsp3) is 0.500. The Kier molecular flexibility index (Phi) is 7.10. The lowest BCUT2D eigenvalue weighted by Gasteiger charge is -2.14. The molecule has 0 aliphatic heterocycles. The summed E-state index contributed by atoms with van der Waals surface area (Å²) < 4.78 is 10.3. The Labute approximate surface area is 114 Å². The van der Waals surface area contributed by atoms with Crippen LogP contribution in [0, 0.1) is 0 Å². The lowest BCUT2D eigenvalue weighted by atomic mass is 10.1. The third kappa shape index (κ3) is 5.38. The summed E-state index contributed by atoms with van der Waals surface area (Å²) in [6, 6.07) is 6.97. The second-order valence-electron chi connectivity index (χ2n) is 4.17. The molecule has 5 nitrogen and oxygen atoms in total. The summed E-state index contributed by atoms with van der Waals surface area (Å²) >= 11 is 0. The first-order chi connectivity index (χ1) is 9.19. The van der Waals surface area contributed by atoms with E-state index in [0.717, 1.165) is 11.3 Å². The van der Waals surface area contributed by atoms with Gasteiger partial charge in [0.15, 0.2) is 0 Å². The first-order valence-corrected chi connectivity index (χ1v) is 6.40. The standard InChI is InChI=1S/C14H22N2O3/c1-3-19-10-11-6-4-5-7-13(11)16-14(17)12(15)8-9-18-2/h4-7,12H,3,8-10,15H2,1-2H3,(H,16,17). The van der Waals surface area contributed by atoms with Crippen LogP contribution in [-0.2, 0) is 20.9 Å². The van der Waals surface area contributed by atoms with Crippen LogP contribution < -0.4 is 11.1 Å². The van der Waals surface area contributed by atoms with E-state index in [0.29, 0.717) is 26.2 Å². The van der Waals surface area contributed by atoms with E-state index in [4.69, 9.17) is 15.2 Å². The third-order valence-corrected chi connectivity index (χ3v) is 2.71. The molecular formula is C14H22N2O3. The molecule has 5 heteroatoms. The van der Waals surface area contributed by atoms with Crippen LogP contribution in [0.1, 0.15) is 18.9 Å². The van der Waals surface area contributed by atoms with Gasteiger partial charge in [0, 0.05) is 31.6 Å². The van der Waals surface area contributed by atoms with Crippen molar-refractivity contribution in [1.82, 2.24) is 0 Å². The molecule has 0 aliphatic carbocycles. The number of benzene rings is 1. The summed E-state index contributed by atoms with van der Waals surface area (Å²) in [5, 5.41) is 2.83. The fourth-order valence-corrected chi connectivity index (χ4v) is 1.58. The molecule has 0 saturated heterocycles. The highest BCUT2D eigenvalue weighted by Crippen LogP contribution is 2.16. The second kappa shape index (κ2) is 8.63. The average Bonchev–Trinajstić information content (AvgIpc) is 2.43. The van der Waals surface area contributed by atoms with E-state index in [1.165, 1.54) is 0 Å². The summed E-state index contributed by atoms with van der Waals surface area (Å²) in [6.07, 6.45) is 0.496. The molecule has 0 saturated carbocycles. The molecule has 1 aromatic carbocycles. The van der Waals surface area contributed by atoms with Crippen molar-refractivity contribution in [3.8, 4) is 0 Å². The summed E-state index contributed by atoms with van der Waals surface area (Å²) in [6.45, 7) is 3.51. The van der Waals surface area contributed by atoms with Gasteiger partial charge in [0.25, 0.3) is 0 Å². The van der Waals surface area contributed by atoms with Crippen LogP contribution in [0.5, 0.6) is 0 Å². The Morgan fingerprint density at radius 1 is 1.42 bits per heavy atom. The SMILES string of the molecule is CCOCc1ccccc1NC(=O)C(N)CCOC. The number of hydrogen-bond acceptors (Lipinski definition) is 4. The number of anilines is 1. The summed E-state index contributed by atoms with van der Waals surface area (Å²) in [5.41, 5.74) is 7.46. The molecule has 1 atom stereocenters. The maximum Gasteiger partial charge on any atom is 0.241 e. The van der Waals surface area contributed by atoms with E-state index < -0.39 is 6.04 Å². The van der Waals surface area contributed by atoms with Crippen LogP contribution in [0.2, 0.25) is 0 Å². The van der Waals surface area contributed by atoms with Gasteiger partial charge < -0.3 is 20.5 Å². The lowest BCUT2D eigenvalue weighted by molar-refractivity contribution is -0.117. The van der Waals surface area contributed by atoms with Gasteiger partial charge in [-0.3, -0.25) is 4.79 Å². The van der Waals surface area contributed by atoms with E-state index in [1.807, 2.05) is 31.2 Å². The van der Waals surface area contributed by atoms with Gasteiger partial charge in [-0.25, -0.2) is 0 Å². The Morgan fingerprint density at radius 2 is 2.16 bits per heavy atom. The Bertz CT molecular complexity index is 396. The van der Waals surface area contributed by atoms with E-state index in [2.05, 4.69) is 5.32 Å². The molecule has 0 aliphatic rings. The molecule has 106 valence electrons. The molecule has 0 spiro atoms. The lowest BCUT2D eigenvalue weighted by Crippen LogP contribution is -2.36. The average molecular weight is 266 g/mol. The van der Waals surface area contributed by atoms with Gasteiger partial charge >= 0.3 is 0 Å². The number of carbonyl (C=O) groups excluding carboxylic acids is 1. The quantitative estimate of drug-likeness (QED) is 0.748. The number of para-hydroxylation sites is 1. The highest BCUT2D eigenvalue weighted by Gasteiger charge is 2.14. The van der Waals surface area contributed by atoms with E-state index in [1.54, 1.807) is 7.11 Å². The molecule has 19 heavy (non-hydrogen) atoms. The summed E-state index contributed by atoms with van der Waals surface area (Å²) in [7, 11) is 1.59. The zero-order valence-corrected chi connectivity index (χ0v) is 11.5. The second-order valence-corrected chi connectivity index (χ2v) is 4.17. The summed E-state index contributed by atoms with van der Waals surface area (Å²) in [4.78, 5) is 11.9. The first-order valence-electron chi connectivity index (χ1n) is 6.40. The first kappa shape index (κ1) is 15.6. The molecule has 0 heterocycles. The van der Waals surface area contributed by atoms with Gasteiger partial charge in [-0.05, 0) is 19.4 Å². The van der Waals surface area contributed by atoms with Crippen molar-refractivity contribution < 1.29 is 14.3 Å².